The Kier molecular flexibility index (Phi) is 8.05. The van der Waals surface area contributed by atoms with Gasteiger partial charge in [-0.05, 0) is 46.9 Å². The van der Waals surface area contributed by atoms with Crippen LogP contribution in [-0.4, -0.2) is 44.1 Å². The molecular formula is C30H39NO2Si. The number of likely N-dealkylation sites (tertiary alicyclic amines) is 1. The van der Waals surface area contributed by atoms with E-state index in [2.05, 4.69) is 111 Å². The van der Waals surface area contributed by atoms with Crippen LogP contribution in [0.1, 0.15) is 51.6 Å². The predicted molar refractivity (Wildman–Crippen MR) is 144 cm³/mol. The molecule has 180 valence electrons. The van der Waals surface area contributed by atoms with E-state index in [1.165, 1.54) is 35.2 Å². The van der Waals surface area contributed by atoms with Crippen molar-refractivity contribution in [3.05, 3.63) is 96.6 Å². The number of benzene rings is 3. The molecule has 0 spiro atoms. The van der Waals surface area contributed by atoms with Crippen LogP contribution >= 0.6 is 0 Å². The topological polar surface area (TPSA) is 32.7 Å². The van der Waals surface area contributed by atoms with Crippen LogP contribution in [0.2, 0.25) is 5.04 Å². The molecule has 1 heterocycles. The molecule has 2 atom stereocenters. The third-order valence-corrected chi connectivity index (χ3v) is 12.2. The van der Waals surface area contributed by atoms with Gasteiger partial charge in [-0.25, -0.2) is 0 Å². The van der Waals surface area contributed by atoms with Gasteiger partial charge < -0.3 is 9.53 Å². The second-order valence-corrected chi connectivity index (χ2v) is 14.8. The van der Waals surface area contributed by atoms with Gasteiger partial charge in [-0.1, -0.05) is 118 Å². The normalized spacial score (nSPS) is 17.3. The Morgan fingerprint density at radius 1 is 0.765 bits per heavy atom. The van der Waals surface area contributed by atoms with Crippen molar-refractivity contribution >= 4 is 18.7 Å². The van der Waals surface area contributed by atoms with E-state index in [9.17, 15) is 5.11 Å². The molecule has 0 bridgehead atoms. The van der Waals surface area contributed by atoms with Gasteiger partial charge in [0.2, 0.25) is 0 Å². The number of aliphatic hydroxyl groups excluding tert-OH is 1. The molecule has 3 aromatic rings. The lowest BCUT2D eigenvalue weighted by atomic mass is 9.97. The molecule has 1 aliphatic rings. The number of hydrogen-bond donors (Lipinski definition) is 1. The van der Waals surface area contributed by atoms with Crippen molar-refractivity contribution in [3.8, 4) is 0 Å². The first-order valence-electron chi connectivity index (χ1n) is 12.7. The van der Waals surface area contributed by atoms with Crippen molar-refractivity contribution < 1.29 is 9.53 Å². The minimum Gasteiger partial charge on any atom is -0.405 e. The van der Waals surface area contributed by atoms with E-state index in [4.69, 9.17) is 4.43 Å². The third-order valence-electron chi connectivity index (χ3n) is 7.18. The van der Waals surface area contributed by atoms with Gasteiger partial charge in [0, 0.05) is 0 Å². The van der Waals surface area contributed by atoms with Crippen molar-refractivity contribution in [1.29, 1.82) is 0 Å². The van der Waals surface area contributed by atoms with Gasteiger partial charge in [-0.2, -0.15) is 0 Å². The first-order chi connectivity index (χ1) is 16.4. The molecule has 0 saturated carbocycles. The number of rotatable bonds is 8. The highest BCUT2D eigenvalue weighted by Crippen LogP contribution is 2.37. The van der Waals surface area contributed by atoms with Gasteiger partial charge >= 0.3 is 0 Å². The molecule has 4 rings (SSSR count). The Morgan fingerprint density at radius 2 is 1.24 bits per heavy atom. The summed E-state index contributed by atoms with van der Waals surface area (Å²) in [5.74, 6) is 0. The van der Waals surface area contributed by atoms with Crippen molar-refractivity contribution in [2.75, 3.05) is 19.7 Å². The molecule has 0 aromatic heterocycles. The summed E-state index contributed by atoms with van der Waals surface area (Å²) in [5.41, 5.74) is 1.17. The summed E-state index contributed by atoms with van der Waals surface area (Å²) in [7, 11) is -2.69. The van der Waals surface area contributed by atoms with Crippen molar-refractivity contribution in [1.82, 2.24) is 4.90 Å². The minimum absolute atomic E-state index is 0.0558. The van der Waals surface area contributed by atoms with Gasteiger partial charge in [-0.15, -0.1) is 0 Å². The van der Waals surface area contributed by atoms with E-state index in [-0.39, 0.29) is 11.1 Å². The van der Waals surface area contributed by atoms with E-state index in [1.54, 1.807) is 0 Å². The van der Waals surface area contributed by atoms with Crippen LogP contribution in [0.25, 0.3) is 0 Å². The molecule has 0 amide bonds. The Labute approximate surface area is 206 Å². The van der Waals surface area contributed by atoms with E-state index in [0.717, 1.165) is 13.1 Å². The zero-order chi connectivity index (χ0) is 24.0. The van der Waals surface area contributed by atoms with Crippen LogP contribution in [0, 0.1) is 0 Å². The third kappa shape index (κ3) is 5.21. The lowest BCUT2D eigenvalue weighted by molar-refractivity contribution is 0.00665. The molecule has 1 saturated heterocycles. The Balaban J connectivity index is 1.70. The van der Waals surface area contributed by atoms with Gasteiger partial charge in [0.1, 0.15) is 0 Å². The van der Waals surface area contributed by atoms with E-state index < -0.39 is 14.4 Å². The Hall–Kier alpha value is -2.24. The molecule has 0 unspecified atom stereocenters. The fourth-order valence-electron chi connectivity index (χ4n) is 5.59. The monoisotopic (exact) mass is 473 g/mol. The highest BCUT2D eigenvalue weighted by Gasteiger charge is 2.50. The Bertz CT molecular complexity index is 959. The molecular weight excluding hydrogens is 434 g/mol. The summed E-state index contributed by atoms with van der Waals surface area (Å²) in [6.07, 6.45) is 3.03. The molecule has 3 nitrogen and oxygen atoms in total. The van der Waals surface area contributed by atoms with Crippen molar-refractivity contribution in [2.45, 2.75) is 57.2 Å². The standard InChI is InChI=1S/C30H39NO2Si/c1-30(2,3)34(26-18-10-5-11-19-26,27-20-12-6-13-21-27)33-24-28(32)29(25-16-8-4-9-17-25)31-22-14-7-15-23-31/h4-6,8-13,16-21,28-29,32H,7,14-15,22-24H2,1-3H3/t28-,29+/m0/s1. The summed E-state index contributed by atoms with van der Waals surface area (Å²) in [6.45, 7) is 9.20. The quantitative estimate of drug-likeness (QED) is 0.459. The molecule has 34 heavy (non-hydrogen) atoms. The molecule has 1 fully saturated rings. The maximum absolute atomic E-state index is 11.7. The fourth-order valence-corrected chi connectivity index (χ4v) is 10.2. The lowest BCUT2D eigenvalue weighted by Gasteiger charge is -2.44. The number of nitrogens with zero attached hydrogens (tertiary/aromatic N) is 1. The second kappa shape index (κ2) is 11.0. The van der Waals surface area contributed by atoms with E-state index >= 15 is 0 Å². The van der Waals surface area contributed by atoms with Crippen LogP contribution in [-0.2, 0) is 4.43 Å². The summed E-state index contributed by atoms with van der Waals surface area (Å²) in [4.78, 5) is 2.46. The van der Waals surface area contributed by atoms with Crippen molar-refractivity contribution in [3.63, 3.8) is 0 Å². The van der Waals surface area contributed by atoms with Crippen molar-refractivity contribution in [2.24, 2.45) is 0 Å². The van der Waals surface area contributed by atoms with Crippen LogP contribution in [0.15, 0.2) is 91.0 Å². The van der Waals surface area contributed by atoms with Gasteiger partial charge in [0.25, 0.3) is 8.32 Å². The molecule has 3 aromatic carbocycles. The number of aliphatic hydroxyl groups is 1. The van der Waals surface area contributed by atoms with Gasteiger partial charge in [-0.3, -0.25) is 4.90 Å². The smallest absolute Gasteiger partial charge is 0.261 e. The zero-order valence-corrected chi connectivity index (χ0v) is 21.9. The predicted octanol–water partition coefficient (Wildman–Crippen LogP) is 5.15. The first-order valence-corrected chi connectivity index (χ1v) is 14.6. The van der Waals surface area contributed by atoms with Gasteiger partial charge in [0.05, 0.1) is 18.8 Å². The fraction of sp³-hybridized carbons (Fsp3) is 0.400. The number of hydrogen-bond acceptors (Lipinski definition) is 3. The van der Waals surface area contributed by atoms with E-state index in [1.807, 2.05) is 6.07 Å². The van der Waals surface area contributed by atoms with Crippen LogP contribution < -0.4 is 10.4 Å². The molecule has 1 aliphatic heterocycles. The highest BCUT2D eigenvalue weighted by atomic mass is 28.4. The maximum Gasteiger partial charge on any atom is 0.261 e. The number of piperidine rings is 1. The Morgan fingerprint density at radius 3 is 1.71 bits per heavy atom. The first kappa shape index (κ1) is 24.9. The summed E-state index contributed by atoms with van der Waals surface area (Å²) in [6, 6.07) is 31.8. The molecule has 0 aliphatic carbocycles. The van der Waals surface area contributed by atoms with Crippen LogP contribution in [0.3, 0.4) is 0 Å². The SMILES string of the molecule is CC(C)(C)[Si](OC[C@H](O)[C@@H](c1ccccc1)N1CCCCC1)(c1ccccc1)c1ccccc1. The highest BCUT2D eigenvalue weighted by molar-refractivity contribution is 6.99. The molecule has 0 radical (unpaired) electrons. The molecule has 1 N–H and O–H groups in total. The lowest BCUT2D eigenvalue weighted by Crippen LogP contribution is -2.67. The van der Waals surface area contributed by atoms with Crippen LogP contribution in [0.4, 0.5) is 0 Å². The minimum atomic E-state index is -2.69. The average Bonchev–Trinajstić information content (AvgIpc) is 2.86. The zero-order valence-electron chi connectivity index (χ0n) is 20.9. The van der Waals surface area contributed by atoms with Gasteiger partial charge in [0.15, 0.2) is 0 Å². The summed E-state index contributed by atoms with van der Waals surface area (Å²) < 4.78 is 7.08. The average molecular weight is 474 g/mol. The van der Waals surface area contributed by atoms with E-state index in [0.29, 0.717) is 6.61 Å². The molecule has 4 heteroatoms. The maximum atomic E-state index is 11.7. The summed E-state index contributed by atoms with van der Waals surface area (Å²) in [5, 5.41) is 14.1. The summed E-state index contributed by atoms with van der Waals surface area (Å²) >= 11 is 0. The second-order valence-electron chi connectivity index (χ2n) is 10.5. The van der Waals surface area contributed by atoms with Crippen LogP contribution in [0.5, 0.6) is 0 Å². The largest absolute Gasteiger partial charge is 0.405 e.